The van der Waals surface area contributed by atoms with Crippen molar-refractivity contribution in [2.24, 2.45) is 0 Å². The summed E-state index contributed by atoms with van der Waals surface area (Å²) >= 11 is 1.59. The molecule has 2 amide bonds. The fraction of sp³-hybridized carbons (Fsp3) is 0.600. The minimum atomic E-state index is -0.111. The number of nitrogens with one attached hydrogen (secondary N) is 1. The van der Waals surface area contributed by atoms with Crippen LogP contribution in [0.15, 0.2) is 29.2 Å². The van der Waals surface area contributed by atoms with E-state index in [4.69, 9.17) is 0 Å². The topological polar surface area (TPSA) is 52.7 Å². The number of thioether (sulfide) groups is 1. The first kappa shape index (κ1) is 22.5. The highest BCUT2D eigenvalue weighted by Gasteiger charge is 2.24. The van der Waals surface area contributed by atoms with Crippen LogP contribution in [0.5, 0.6) is 0 Å². The van der Waals surface area contributed by atoms with E-state index < -0.39 is 0 Å². The number of hydrogen-bond donors (Lipinski definition) is 1. The van der Waals surface area contributed by atoms with E-state index in [0.717, 1.165) is 23.4 Å². The molecule has 0 fully saturated rings. The lowest BCUT2D eigenvalue weighted by molar-refractivity contribution is -0.136. The van der Waals surface area contributed by atoms with Gasteiger partial charge in [-0.3, -0.25) is 14.5 Å². The first-order valence-corrected chi connectivity index (χ1v) is 10.5. The van der Waals surface area contributed by atoms with Crippen LogP contribution in [0.1, 0.15) is 40.5 Å². The number of benzene rings is 1. The van der Waals surface area contributed by atoms with Crippen LogP contribution in [0.25, 0.3) is 0 Å². The molecular weight excluding hydrogens is 346 g/mol. The molecule has 1 aromatic carbocycles. The summed E-state index contributed by atoms with van der Waals surface area (Å²) in [7, 11) is 1.81. The van der Waals surface area contributed by atoms with E-state index in [1.165, 1.54) is 0 Å². The first-order chi connectivity index (χ1) is 12.3. The van der Waals surface area contributed by atoms with Gasteiger partial charge in [-0.15, -0.1) is 11.8 Å². The third-order valence-electron chi connectivity index (χ3n) is 4.62. The normalized spacial score (nSPS) is 13.3. The Morgan fingerprint density at radius 2 is 1.65 bits per heavy atom. The summed E-state index contributed by atoms with van der Waals surface area (Å²) in [5.41, 5.74) is 0.811. The van der Waals surface area contributed by atoms with E-state index in [-0.39, 0.29) is 37.0 Å². The second kappa shape index (κ2) is 11.2. The van der Waals surface area contributed by atoms with Crippen molar-refractivity contribution >= 4 is 29.3 Å². The predicted molar refractivity (Wildman–Crippen MR) is 111 cm³/mol. The Labute approximate surface area is 162 Å². The molecule has 0 radical (unpaired) electrons. The molecule has 26 heavy (non-hydrogen) atoms. The molecule has 6 heteroatoms. The second-order valence-corrected chi connectivity index (χ2v) is 7.58. The highest BCUT2D eigenvalue weighted by molar-refractivity contribution is 7.98. The fourth-order valence-electron chi connectivity index (χ4n) is 2.87. The monoisotopic (exact) mass is 379 g/mol. The molecule has 0 bridgehead atoms. The molecule has 5 nitrogen and oxygen atoms in total. The number of hydrogen-bond acceptors (Lipinski definition) is 4. The molecule has 0 aliphatic carbocycles. The first-order valence-electron chi connectivity index (χ1n) is 9.26. The number of amides is 2. The van der Waals surface area contributed by atoms with Gasteiger partial charge in [0.05, 0.1) is 18.8 Å². The maximum Gasteiger partial charge on any atom is 0.238 e. The van der Waals surface area contributed by atoms with E-state index in [0.29, 0.717) is 0 Å². The summed E-state index contributed by atoms with van der Waals surface area (Å²) in [4.78, 5) is 29.8. The van der Waals surface area contributed by atoms with Gasteiger partial charge in [0.25, 0.3) is 0 Å². The van der Waals surface area contributed by atoms with Crippen LogP contribution < -0.4 is 5.32 Å². The molecule has 0 unspecified atom stereocenters. The van der Waals surface area contributed by atoms with Crippen molar-refractivity contribution in [2.45, 2.75) is 57.5 Å². The molecule has 1 rings (SSSR count). The smallest absolute Gasteiger partial charge is 0.238 e. The highest BCUT2D eigenvalue weighted by atomic mass is 32.2. The van der Waals surface area contributed by atoms with Gasteiger partial charge >= 0.3 is 0 Å². The van der Waals surface area contributed by atoms with Crippen molar-refractivity contribution in [3.63, 3.8) is 0 Å². The Hall–Kier alpha value is -1.53. The number of anilines is 1. The van der Waals surface area contributed by atoms with E-state index in [9.17, 15) is 9.59 Å². The number of likely N-dealkylation sites (N-methyl/N-ethyl adjacent to an activating group) is 1. The maximum atomic E-state index is 12.7. The summed E-state index contributed by atoms with van der Waals surface area (Å²) in [6.45, 7) is 8.77. The van der Waals surface area contributed by atoms with Gasteiger partial charge in [0, 0.05) is 17.0 Å². The van der Waals surface area contributed by atoms with Crippen LogP contribution in [0.4, 0.5) is 5.69 Å². The van der Waals surface area contributed by atoms with Gasteiger partial charge in [-0.1, -0.05) is 26.0 Å². The van der Waals surface area contributed by atoms with Crippen molar-refractivity contribution in [1.82, 2.24) is 9.80 Å². The Kier molecular flexibility index (Phi) is 9.73. The number of carbonyl (C=O) groups excluding carboxylic acids is 2. The molecule has 0 spiro atoms. The zero-order chi connectivity index (χ0) is 19.7. The van der Waals surface area contributed by atoms with Gasteiger partial charge in [-0.05, 0) is 52.1 Å². The Balaban J connectivity index is 2.64. The molecule has 0 aliphatic rings. The molecule has 146 valence electrons. The molecule has 0 aromatic heterocycles. The third kappa shape index (κ3) is 6.65. The maximum absolute atomic E-state index is 12.7. The summed E-state index contributed by atoms with van der Waals surface area (Å²) in [6, 6.07) is 8.12. The SMILES string of the molecule is CC[C@@H](C)N(C(=O)CN(C)CC(=O)Nc1ccccc1SC)[C@@H](C)CC. The number of rotatable bonds is 10. The molecule has 1 N–H and O–H groups in total. The van der Waals surface area contributed by atoms with Crippen LogP contribution in [0.2, 0.25) is 0 Å². The van der Waals surface area contributed by atoms with Crippen molar-refractivity contribution in [3.05, 3.63) is 24.3 Å². The van der Waals surface area contributed by atoms with Gasteiger partial charge in [0.15, 0.2) is 0 Å². The van der Waals surface area contributed by atoms with Crippen LogP contribution >= 0.6 is 11.8 Å². The standard InChI is InChI=1S/C20H33N3O2S/c1-7-15(3)23(16(4)8-2)20(25)14-22(5)13-19(24)21-17-11-9-10-12-18(17)26-6/h9-12,15-16H,7-8,13-14H2,1-6H3,(H,21,24)/t15-,16+. The van der Waals surface area contributed by atoms with Gasteiger partial charge in [-0.2, -0.15) is 0 Å². The van der Waals surface area contributed by atoms with E-state index in [1.54, 1.807) is 16.7 Å². The van der Waals surface area contributed by atoms with Crippen molar-refractivity contribution in [3.8, 4) is 0 Å². The molecule has 1 aromatic rings. The minimum Gasteiger partial charge on any atom is -0.336 e. The Morgan fingerprint density at radius 3 is 2.19 bits per heavy atom. The fourth-order valence-corrected chi connectivity index (χ4v) is 3.42. The van der Waals surface area contributed by atoms with Crippen molar-refractivity contribution in [1.29, 1.82) is 0 Å². The predicted octanol–water partition coefficient (Wildman–Crippen LogP) is 3.70. The molecule has 0 aliphatic heterocycles. The van der Waals surface area contributed by atoms with Crippen LogP contribution in [-0.2, 0) is 9.59 Å². The second-order valence-electron chi connectivity index (χ2n) is 6.74. The van der Waals surface area contributed by atoms with Crippen LogP contribution in [-0.4, -0.2) is 60.1 Å². The zero-order valence-corrected chi connectivity index (χ0v) is 17.7. The lowest BCUT2D eigenvalue weighted by Crippen LogP contribution is -2.49. The van der Waals surface area contributed by atoms with Crippen LogP contribution in [0.3, 0.4) is 0 Å². The number of nitrogens with zero attached hydrogens (tertiary/aromatic N) is 2. The quantitative estimate of drug-likeness (QED) is 0.630. The van der Waals surface area contributed by atoms with E-state index >= 15 is 0 Å². The minimum absolute atomic E-state index is 0.0773. The van der Waals surface area contributed by atoms with E-state index in [1.807, 2.05) is 42.5 Å². The van der Waals surface area contributed by atoms with Gasteiger partial charge in [0.2, 0.25) is 11.8 Å². The van der Waals surface area contributed by atoms with Crippen molar-refractivity contribution < 1.29 is 9.59 Å². The van der Waals surface area contributed by atoms with Gasteiger partial charge < -0.3 is 10.2 Å². The van der Waals surface area contributed by atoms with E-state index in [2.05, 4.69) is 33.0 Å². The third-order valence-corrected chi connectivity index (χ3v) is 5.41. The Bertz CT molecular complexity index is 584. The summed E-state index contributed by atoms with van der Waals surface area (Å²) < 4.78 is 0. The van der Waals surface area contributed by atoms with Gasteiger partial charge in [-0.25, -0.2) is 0 Å². The Morgan fingerprint density at radius 1 is 1.08 bits per heavy atom. The summed E-state index contributed by atoms with van der Waals surface area (Å²) in [6.07, 6.45) is 3.83. The largest absolute Gasteiger partial charge is 0.336 e. The summed E-state index contributed by atoms with van der Waals surface area (Å²) in [5.74, 6) is -0.0334. The molecule has 0 saturated heterocycles. The van der Waals surface area contributed by atoms with Crippen LogP contribution in [0, 0.1) is 0 Å². The van der Waals surface area contributed by atoms with Gasteiger partial charge in [0.1, 0.15) is 0 Å². The van der Waals surface area contributed by atoms with Crippen molar-refractivity contribution in [2.75, 3.05) is 31.7 Å². The molecule has 2 atom stereocenters. The summed E-state index contributed by atoms with van der Waals surface area (Å²) in [5, 5.41) is 2.94. The zero-order valence-electron chi connectivity index (χ0n) is 16.9. The molecular formula is C20H33N3O2S. The molecule has 0 saturated carbocycles. The number of para-hydroxylation sites is 1. The average Bonchev–Trinajstić information content (AvgIpc) is 2.61. The number of carbonyl (C=O) groups is 2. The lowest BCUT2D eigenvalue weighted by Gasteiger charge is -2.35. The highest BCUT2D eigenvalue weighted by Crippen LogP contribution is 2.24. The lowest BCUT2D eigenvalue weighted by atomic mass is 10.1. The average molecular weight is 380 g/mol. The molecule has 0 heterocycles.